The van der Waals surface area contributed by atoms with E-state index in [1.165, 1.54) is 6.07 Å². The van der Waals surface area contributed by atoms with E-state index in [2.05, 4.69) is 16.5 Å². The lowest BCUT2D eigenvalue weighted by Crippen LogP contribution is -2.13. The van der Waals surface area contributed by atoms with E-state index in [1.807, 2.05) is 53.1 Å². The molecule has 0 aliphatic rings. The summed E-state index contributed by atoms with van der Waals surface area (Å²) in [5, 5.41) is 16.8. The molecule has 5 aromatic rings. The minimum atomic E-state index is -0.354. The van der Waals surface area contributed by atoms with Gasteiger partial charge in [0.2, 0.25) is 0 Å². The highest BCUT2D eigenvalue weighted by Gasteiger charge is 2.13. The molecule has 0 saturated carbocycles. The largest absolute Gasteiger partial charge is 0.508 e. The zero-order chi connectivity index (χ0) is 22.1. The monoisotopic (exact) mass is 424 g/mol. The van der Waals surface area contributed by atoms with Crippen LogP contribution in [0.3, 0.4) is 0 Å². The zero-order valence-electron chi connectivity index (χ0n) is 17.3. The van der Waals surface area contributed by atoms with Crippen LogP contribution in [-0.4, -0.2) is 32.3 Å². The molecule has 3 heterocycles. The van der Waals surface area contributed by atoms with Gasteiger partial charge in [-0.25, -0.2) is 4.68 Å². The fraction of sp³-hybridized carbons (Fsp3) is 0.0400. The SMILES string of the molecule is COc1cccc(-c2ccc3ccc(-n4ccc(C(=O)Nc5cccc(O)c5)n4)n3c2)c1. The number of carbonyl (C=O) groups excluding carboxylic acids is 1. The van der Waals surface area contributed by atoms with E-state index in [9.17, 15) is 9.90 Å². The number of nitrogens with one attached hydrogen (secondary N) is 1. The van der Waals surface area contributed by atoms with Crippen LogP contribution < -0.4 is 10.1 Å². The lowest BCUT2D eigenvalue weighted by Gasteiger charge is -2.08. The number of aromatic hydroxyl groups is 1. The summed E-state index contributed by atoms with van der Waals surface area (Å²) < 4.78 is 9.04. The van der Waals surface area contributed by atoms with E-state index in [4.69, 9.17) is 4.74 Å². The van der Waals surface area contributed by atoms with Crippen LogP contribution >= 0.6 is 0 Å². The van der Waals surface area contributed by atoms with Crippen molar-refractivity contribution >= 4 is 17.1 Å². The highest BCUT2D eigenvalue weighted by Crippen LogP contribution is 2.26. The van der Waals surface area contributed by atoms with E-state index in [0.29, 0.717) is 5.69 Å². The molecule has 3 aromatic heterocycles. The Morgan fingerprint density at radius 1 is 0.969 bits per heavy atom. The second-order valence-corrected chi connectivity index (χ2v) is 7.29. The second kappa shape index (κ2) is 7.96. The fourth-order valence-electron chi connectivity index (χ4n) is 3.60. The number of aromatic nitrogens is 3. The standard InChI is InChI=1S/C25H20N4O3/c1-32-22-7-2-4-17(14-22)18-8-9-20-10-11-24(28(20)16-18)29-13-12-23(27-29)25(31)26-19-5-3-6-21(30)15-19/h2-16,30H,1H3,(H,26,31). The van der Waals surface area contributed by atoms with Crippen LogP contribution in [0.5, 0.6) is 11.5 Å². The zero-order valence-corrected chi connectivity index (χ0v) is 17.3. The lowest BCUT2D eigenvalue weighted by atomic mass is 10.1. The van der Waals surface area contributed by atoms with Crippen molar-refractivity contribution in [2.45, 2.75) is 0 Å². The van der Waals surface area contributed by atoms with Crippen LogP contribution in [0.1, 0.15) is 10.5 Å². The molecule has 0 fully saturated rings. The first-order valence-electron chi connectivity index (χ1n) is 10.0. The van der Waals surface area contributed by atoms with Gasteiger partial charge in [-0.1, -0.05) is 24.3 Å². The molecule has 0 aliphatic carbocycles. The number of rotatable bonds is 5. The van der Waals surface area contributed by atoms with Crippen molar-refractivity contribution in [2.75, 3.05) is 12.4 Å². The molecule has 1 amide bonds. The van der Waals surface area contributed by atoms with Gasteiger partial charge >= 0.3 is 0 Å². The molecule has 0 atom stereocenters. The second-order valence-electron chi connectivity index (χ2n) is 7.29. The first-order chi connectivity index (χ1) is 15.6. The van der Waals surface area contributed by atoms with Crippen molar-refractivity contribution in [3.63, 3.8) is 0 Å². The summed E-state index contributed by atoms with van der Waals surface area (Å²) in [6.07, 6.45) is 3.78. The number of amides is 1. The molecule has 32 heavy (non-hydrogen) atoms. The van der Waals surface area contributed by atoms with Crippen LogP contribution in [0.2, 0.25) is 0 Å². The topological polar surface area (TPSA) is 80.8 Å². The summed E-state index contributed by atoms with van der Waals surface area (Å²) in [6, 6.07) is 24.0. The Morgan fingerprint density at radius 3 is 2.66 bits per heavy atom. The first kappa shape index (κ1) is 19.4. The summed E-state index contributed by atoms with van der Waals surface area (Å²) in [5.74, 6) is 1.33. The van der Waals surface area contributed by atoms with E-state index >= 15 is 0 Å². The van der Waals surface area contributed by atoms with E-state index in [1.54, 1.807) is 42.3 Å². The van der Waals surface area contributed by atoms with Crippen molar-refractivity contribution in [2.24, 2.45) is 0 Å². The minimum Gasteiger partial charge on any atom is -0.508 e. The Balaban J connectivity index is 1.46. The third-order valence-electron chi connectivity index (χ3n) is 5.19. The molecule has 2 aromatic carbocycles. The Kier molecular flexibility index (Phi) is 4.84. The molecule has 7 nitrogen and oxygen atoms in total. The third kappa shape index (κ3) is 3.67. The van der Waals surface area contributed by atoms with Gasteiger partial charge in [0.1, 0.15) is 17.3 Å². The molecule has 2 N–H and O–H groups in total. The Morgan fingerprint density at radius 2 is 1.81 bits per heavy atom. The molecule has 7 heteroatoms. The number of benzene rings is 2. The summed E-state index contributed by atoms with van der Waals surface area (Å²) in [6.45, 7) is 0. The Hall–Kier alpha value is -4.52. The van der Waals surface area contributed by atoms with Gasteiger partial charge < -0.3 is 19.6 Å². The molecular weight excluding hydrogens is 404 g/mol. The van der Waals surface area contributed by atoms with Crippen molar-refractivity contribution in [3.05, 3.63) is 97.0 Å². The van der Waals surface area contributed by atoms with Gasteiger partial charge in [-0.05, 0) is 59.7 Å². The van der Waals surface area contributed by atoms with E-state index in [0.717, 1.165) is 28.2 Å². The normalized spacial score (nSPS) is 10.9. The first-order valence-corrected chi connectivity index (χ1v) is 10.0. The van der Waals surface area contributed by atoms with Crippen LogP contribution in [-0.2, 0) is 0 Å². The number of hydrogen-bond acceptors (Lipinski definition) is 4. The van der Waals surface area contributed by atoms with Crippen LogP contribution in [0.4, 0.5) is 5.69 Å². The lowest BCUT2D eigenvalue weighted by molar-refractivity contribution is 0.102. The number of carbonyl (C=O) groups is 1. The van der Waals surface area contributed by atoms with Crippen LogP contribution in [0, 0.1) is 0 Å². The van der Waals surface area contributed by atoms with Crippen LogP contribution in [0.25, 0.3) is 22.5 Å². The summed E-state index contributed by atoms with van der Waals surface area (Å²) in [7, 11) is 1.65. The van der Waals surface area contributed by atoms with E-state index < -0.39 is 0 Å². The van der Waals surface area contributed by atoms with Crippen molar-refractivity contribution < 1.29 is 14.6 Å². The van der Waals surface area contributed by atoms with Gasteiger partial charge in [0.25, 0.3) is 5.91 Å². The van der Waals surface area contributed by atoms with Gasteiger partial charge in [-0.15, -0.1) is 0 Å². The molecule has 0 aliphatic heterocycles. The summed E-state index contributed by atoms with van der Waals surface area (Å²) >= 11 is 0. The quantitative estimate of drug-likeness (QED) is 0.426. The predicted molar refractivity (Wildman–Crippen MR) is 123 cm³/mol. The van der Waals surface area contributed by atoms with Gasteiger partial charge in [0, 0.05) is 29.7 Å². The van der Waals surface area contributed by atoms with E-state index in [-0.39, 0.29) is 17.4 Å². The molecule has 0 spiro atoms. The number of methoxy groups -OCH3 is 1. The number of nitrogens with zero attached hydrogens (tertiary/aromatic N) is 3. The number of pyridine rings is 1. The van der Waals surface area contributed by atoms with Crippen LogP contribution in [0.15, 0.2) is 91.3 Å². The van der Waals surface area contributed by atoms with Gasteiger partial charge in [0.15, 0.2) is 5.69 Å². The molecule has 0 radical (unpaired) electrons. The molecular formula is C25H20N4O3. The number of phenolic OH excluding ortho intramolecular Hbond substituents is 1. The molecule has 0 saturated heterocycles. The number of hydrogen-bond donors (Lipinski definition) is 2. The molecule has 0 bridgehead atoms. The third-order valence-corrected chi connectivity index (χ3v) is 5.19. The maximum atomic E-state index is 12.6. The maximum Gasteiger partial charge on any atom is 0.276 e. The van der Waals surface area contributed by atoms with Crippen molar-refractivity contribution in [1.29, 1.82) is 0 Å². The average molecular weight is 424 g/mol. The highest BCUT2D eigenvalue weighted by atomic mass is 16.5. The molecule has 5 rings (SSSR count). The predicted octanol–water partition coefficient (Wildman–Crippen LogP) is 4.76. The molecule has 158 valence electrons. The Bertz CT molecular complexity index is 1430. The summed E-state index contributed by atoms with van der Waals surface area (Å²) in [5.41, 5.74) is 3.85. The van der Waals surface area contributed by atoms with Gasteiger partial charge in [-0.3, -0.25) is 4.79 Å². The smallest absolute Gasteiger partial charge is 0.276 e. The number of ether oxygens (including phenoxy) is 1. The number of fused-ring (bicyclic) bond motifs is 1. The van der Waals surface area contributed by atoms with Gasteiger partial charge in [0.05, 0.1) is 7.11 Å². The summed E-state index contributed by atoms with van der Waals surface area (Å²) in [4.78, 5) is 12.6. The van der Waals surface area contributed by atoms with Gasteiger partial charge in [-0.2, -0.15) is 5.10 Å². The molecule has 0 unspecified atom stereocenters. The maximum absolute atomic E-state index is 12.6. The Labute approximate surface area is 184 Å². The van der Waals surface area contributed by atoms with Crippen molar-refractivity contribution in [3.8, 4) is 28.4 Å². The average Bonchev–Trinajstić information content (AvgIpc) is 3.46. The fourth-order valence-corrected chi connectivity index (χ4v) is 3.60. The minimum absolute atomic E-state index is 0.0832. The highest BCUT2D eigenvalue weighted by molar-refractivity contribution is 6.02. The number of anilines is 1. The van der Waals surface area contributed by atoms with Crippen molar-refractivity contribution in [1.82, 2.24) is 14.2 Å². The number of phenols is 1.